The molecule has 0 unspecified atom stereocenters. The Morgan fingerprint density at radius 3 is 2.56 bits per heavy atom. The topological polar surface area (TPSA) is 9.23 Å². The van der Waals surface area contributed by atoms with Crippen molar-refractivity contribution in [3.05, 3.63) is 24.3 Å². The van der Waals surface area contributed by atoms with Crippen LogP contribution in [0.2, 0.25) is 0 Å². The maximum atomic E-state index is 5.41. The van der Waals surface area contributed by atoms with E-state index in [-0.39, 0.29) is 6.10 Å². The normalized spacial score (nSPS) is 17.4. The summed E-state index contributed by atoms with van der Waals surface area (Å²) in [5, 5.41) is 0. The highest BCUT2D eigenvalue weighted by Gasteiger charge is 2.00. The van der Waals surface area contributed by atoms with Crippen molar-refractivity contribution in [3.8, 4) is 0 Å². The van der Waals surface area contributed by atoms with E-state index in [2.05, 4.69) is 0 Å². The molecule has 0 heterocycles. The molecule has 0 aromatic heterocycles. The molecule has 2 heteroatoms. The first kappa shape index (κ1) is 6.84. The lowest BCUT2D eigenvalue weighted by atomic mass is 10.4. The molecule has 50 valence electrons. The zero-order valence-electron chi connectivity index (χ0n) is 5.09. The second-order valence-electron chi connectivity index (χ2n) is 1.79. The van der Waals surface area contributed by atoms with Gasteiger partial charge in [-0.1, -0.05) is 24.3 Å². The molecule has 1 nitrogen and oxygen atoms in total. The predicted octanol–water partition coefficient (Wildman–Crippen LogP) is 1.74. The molecule has 0 aromatic carbocycles. The molecule has 0 spiro atoms. The van der Waals surface area contributed by atoms with Gasteiger partial charge in [0.05, 0.1) is 12.7 Å². The average molecular weight is 145 g/mol. The molecule has 9 heavy (non-hydrogen) atoms. The summed E-state index contributed by atoms with van der Waals surface area (Å²) >= 11 is 5.41. The van der Waals surface area contributed by atoms with Gasteiger partial charge < -0.3 is 4.74 Å². The van der Waals surface area contributed by atoms with Crippen LogP contribution >= 0.6 is 11.6 Å². The smallest absolute Gasteiger partial charge is 0.0944 e. The van der Waals surface area contributed by atoms with Crippen molar-refractivity contribution in [1.29, 1.82) is 0 Å². The van der Waals surface area contributed by atoms with E-state index in [4.69, 9.17) is 16.3 Å². The number of hydrogen-bond acceptors (Lipinski definition) is 1. The summed E-state index contributed by atoms with van der Waals surface area (Å²) in [6, 6.07) is 0. The Hall–Kier alpha value is -0.270. The Kier molecular flexibility index (Phi) is 2.81. The van der Waals surface area contributed by atoms with E-state index >= 15 is 0 Å². The first-order chi connectivity index (χ1) is 4.43. The van der Waals surface area contributed by atoms with Gasteiger partial charge in [0, 0.05) is 5.88 Å². The van der Waals surface area contributed by atoms with Crippen molar-refractivity contribution in [2.24, 2.45) is 0 Å². The van der Waals surface area contributed by atoms with Crippen molar-refractivity contribution in [2.45, 2.75) is 6.10 Å². The fourth-order valence-electron chi connectivity index (χ4n) is 0.703. The number of alkyl halides is 1. The first-order valence-corrected chi connectivity index (χ1v) is 3.49. The molecular weight excluding hydrogens is 136 g/mol. The van der Waals surface area contributed by atoms with Crippen LogP contribution in [0.1, 0.15) is 0 Å². The number of ether oxygens (including phenoxy) is 1. The summed E-state index contributed by atoms with van der Waals surface area (Å²) in [4.78, 5) is 0. The van der Waals surface area contributed by atoms with Crippen molar-refractivity contribution < 1.29 is 4.74 Å². The molecule has 1 aliphatic rings. The van der Waals surface area contributed by atoms with Crippen LogP contribution in [0, 0.1) is 0 Å². The van der Waals surface area contributed by atoms with Gasteiger partial charge in [0.15, 0.2) is 0 Å². The third-order valence-electron chi connectivity index (χ3n) is 1.10. The van der Waals surface area contributed by atoms with E-state index in [1.54, 1.807) is 0 Å². The van der Waals surface area contributed by atoms with Gasteiger partial charge in [-0.2, -0.15) is 0 Å². The minimum absolute atomic E-state index is 0.170. The monoisotopic (exact) mass is 144 g/mol. The van der Waals surface area contributed by atoms with E-state index in [9.17, 15) is 0 Å². The molecule has 0 atom stereocenters. The quantitative estimate of drug-likeness (QED) is 0.549. The second-order valence-corrected chi connectivity index (χ2v) is 2.17. The number of hydrogen-bond donors (Lipinski definition) is 0. The van der Waals surface area contributed by atoms with Crippen LogP contribution in [0.4, 0.5) is 0 Å². The van der Waals surface area contributed by atoms with E-state index < -0.39 is 0 Å². The third kappa shape index (κ3) is 2.20. The number of halogens is 1. The lowest BCUT2D eigenvalue weighted by Crippen LogP contribution is -2.05. The minimum atomic E-state index is 0.170. The Morgan fingerprint density at radius 1 is 1.33 bits per heavy atom. The van der Waals surface area contributed by atoms with E-state index in [1.807, 2.05) is 24.3 Å². The number of rotatable bonds is 3. The summed E-state index contributed by atoms with van der Waals surface area (Å²) in [5.41, 5.74) is 0. The lowest BCUT2D eigenvalue weighted by molar-refractivity contribution is 0.131. The average Bonchev–Trinajstić information content (AvgIpc) is 2.34. The maximum absolute atomic E-state index is 5.41. The van der Waals surface area contributed by atoms with E-state index in [0.717, 1.165) is 0 Å². The summed E-state index contributed by atoms with van der Waals surface area (Å²) in [6.45, 7) is 0.626. The highest BCUT2D eigenvalue weighted by Crippen LogP contribution is 2.03. The minimum Gasteiger partial charge on any atom is -0.369 e. The fraction of sp³-hybridized carbons (Fsp3) is 0.429. The fourth-order valence-corrected chi connectivity index (χ4v) is 0.792. The van der Waals surface area contributed by atoms with Crippen LogP contribution in [0.15, 0.2) is 24.3 Å². The predicted molar refractivity (Wildman–Crippen MR) is 38.7 cm³/mol. The summed E-state index contributed by atoms with van der Waals surface area (Å²) in [7, 11) is 0. The van der Waals surface area contributed by atoms with E-state index in [0.29, 0.717) is 12.5 Å². The van der Waals surface area contributed by atoms with Gasteiger partial charge in [-0.05, 0) is 0 Å². The van der Waals surface area contributed by atoms with Gasteiger partial charge in [0.1, 0.15) is 0 Å². The molecule has 0 saturated heterocycles. The van der Waals surface area contributed by atoms with Gasteiger partial charge in [0.25, 0.3) is 0 Å². The van der Waals surface area contributed by atoms with Gasteiger partial charge in [-0.3, -0.25) is 0 Å². The second kappa shape index (κ2) is 3.70. The molecule has 0 bridgehead atoms. The van der Waals surface area contributed by atoms with Crippen LogP contribution < -0.4 is 0 Å². The molecule has 0 fully saturated rings. The molecule has 0 N–H and O–H groups in total. The highest BCUT2D eigenvalue weighted by molar-refractivity contribution is 6.17. The lowest BCUT2D eigenvalue weighted by Gasteiger charge is -2.03. The molecule has 1 aliphatic carbocycles. The molecule has 0 saturated carbocycles. The zero-order valence-corrected chi connectivity index (χ0v) is 5.84. The van der Waals surface area contributed by atoms with Crippen LogP contribution in [-0.4, -0.2) is 18.6 Å². The maximum Gasteiger partial charge on any atom is 0.0944 e. The molecule has 0 amide bonds. The first-order valence-electron chi connectivity index (χ1n) is 2.96. The van der Waals surface area contributed by atoms with Gasteiger partial charge >= 0.3 is 0 Å². The van der Waals surface area contributed by atoms with Crippen molar-refractivity contribution in [2.75, 3.05) is 12.5 Å². The van der Waals surface area contributed by atoms with E-state index in [1.165, 1.54) is 0 Å². The third-order valence-corrected chi connectivity index (χ3v) is 1.25. The SMILES string of the molecule is ClCCOC1C=CC=C1. The van der Waals surface area contributed by atoms with Gasteiger partial charge in [0.2, 0.25) is 0 Å². The largest absolute Gasteiger partial charge is 0.369 e. The Labute approximate surface area is 60.0 Å². The molecule has 0 radical (unpaired) electrons. The standard InChI is InChI=1S/C7H9ClO/c8-5-6-9-7-3-1-2-4-7/h1-4,7H,5-6H2. The van der Waals surface area contributed by atoms with Crippen LogP contribution in [-0.2, 0) is 4.74 Å². The Balaban J connectivity index is 2.13. The zero-order chi connectivity index (χ0) is 6.53. The molecule has 0 aromatic rings. The molecule has 0 aliphatic heterocycles. The molecule has 1 rings (SSSR count). The van der Waals surface area contributed by atoms with Crippen LogP contribution in [0.25, 0.3) is 0 Å². The van der Waals surface area contributed by atoms with Crippen molar-refractivity contribution >= 4 is 11.6 Å². The number of allylic oxidation sites excluding steroid dienone is 2. The van der Waals surface area contributed by atoms with Crippen LogP contribution in [0.3, 0.4) is 0 Å². The van der Waals surface area contributed by atoms with Crippen LogP contribution in [0.5, 0.6) is 0 Å². The van der Waals surface area contributed by atoms with Crippen molar-refractivity contribution in [1.82, 2.24) is 0 Å². The molecular formula is C7H9ClO. The highest BCUT2D eigenvalue weighted by atomic mass is 35.5. The van der Waals surface area contributed by atoms with Gasteiger partial charge in [-0.15, -0.1) is 11.6 Å². The summed E-state index contributed by atoms with van der Waals surface area (Å²) < 4.78 is 5.25. The summed E-state index contributed by atoms with van der Waals surface area (Å²) in [6.07, 6.45) is 8.10. The Morgan fingerprint density at radius 2 is 2.00 bits per heavy atom. The Bertz CT molecular complexity index is 117. The van der Waals surface area contributed by atoms with Crippen molar-refractivity contribution in [3.63, 3.8) is 0 Å². The van der Waals surface area contributed by atoms with Gasteiger partial charge in [-0.25, -0.2) is 0 Å². The summed E-state index contributed by atoms with van der Waals surface area (Å²) in [5.74, 6) is 0.568.